The summed E-state index contributed by atoms with van der Waals surface area (Å²) < 4.78 is 22.1. The first-order chi connectivity index (χ1) is 12.2. The number of rotatable bonds is 2. The summed E-state index contributed by atoms with van der Waals surface area (Å²) in [7, 11) is 1.40. The normalized spacial score (nSPS) is 33.0. The van der Waals surface area contributed by atoms with Gasteiger partial charge in [0.15, 0.2) is 0 Å². The quantitative estimate of drug-likeness (QED) is 0.784. The van der Waals surface area contributed by atoms with Crippen LogP contribution in [0.15, 0.2) is 9.60 Å². The lowest BCUT2D eigenvalue weighted by Gasteiger charge is -2.36. The van der Waals surface area contributed by atoms with Gasteiger partial charge in [-0.3, -0.25) is 9.36 Å². The van der Waals surface area contributed by atoms with Crippen LogP contribution in [0.3, 0.4) is 0 Å². The Morgan fingerprint density at radius 3 is 2.81 bits per heavy atom. The number of imidazole rings is 1. The maximum absolute atomic E-state index is 15.0. The molecule has 7 nitrogen and oxygen atoms in total. The summed E-state index contributed by atoms with van der Waals surface area (Å²) in [4.78, 5) is 23.3. The number of aromatic nitrogens is 2. The number of aliphatic imine (C=N–C) groups is 1. The van der Waals surface area contributed by atoms with Crippen molar-refractivity contribution >= 4 is 27.7 Å². The van der Waals surface area contributed by atoms with Gasteiger partial charge in [0, 0.05) is 31.0 Å². The molecule has 2 fully saturated rings. The van der Waals surface area contributed by atoms with E-state index in [1.807, 2.05) is 18.7 Å². The lowest BCUT2D eigenvalue weighted by atomic mass is 9.87. The van der Waals surface area contributed by atoms with Crippen LogP contribution in [-0.4, -0.2) is 52.1 Å². The van der Waals surface area contributed by atoms with Crippen LogP contribution in [0.4, 0.5) is 4.39 Å². The number of carbonyl (C=O) groups is 1. The topological polar surface area (TPSA) is 85.7 Å². The van der Waals surface area contributed by atoms with Crippen LogP contribution >= 0.6 is 15.9 Å². The van der Waals surface area contributed by atoms with Crippen LogP contribution in [0.1, 0.15) is 56.8 Å². The third-order valence-electron chi connectivity index (χ3n) is 5.79. The zero-order valence-electron chi connectivity index (χ0n) is 15.1. The fourth-order valence-electron chi connectivity index (χ4n) is 4.50. The first-order valence-corrected chi connectivity index (χ1v) is 9.63. The predicted octanol–water partition coefficient (Wildman–Crippen LogP) is 2.31. The third-order valence-corrected chi connectivity index (χ3v) is 6.34. The van der Waals surface area contributed by atoms with Crippen molar-refractivity contribution in [2.45, 2.75) is 57.6 Å². The van der Waals surface area contributed by atoms with Crippen molar-refractivity contribution in [3.05, 3.63) is 16.1 Å². The summed E-state index contributed by atoms with van der Waals surface area (Å²) in [5.41, 5.74) is 6.12. The molecule has 4 atom stereocenters. The van der Waals surface area contributed by atoms with Gasteiger partial charge in [0.1, 0.15) is 22.0 Å². The van der Waals surface area contributed by atoms with E-state index in [1.54, 1.807) is 0 Å². The maximum Gasteiger partial charge on any atom is 0.228 e. The highest BCUT2D eigenvalue weighted by Gasteiger charge is 2.48. The molecule has 4 rings (SSSR count). The zero-order valence-corrected chi connectivity index (χ0v) is 16.7. The molecule has 142 valence electrons. The zero-order chi connectivity index (χ0) is 18.8. The van der Waals surface area contributed by atoms with E-state index in [0.29, 0.717) is 22.7 Å². The largest absolute Gasteiger partial charge is 0.382 e. The molecular formula is C17H23BrFN5O2. The van der Waals surface area contributed by atoms with E-state index in [-0.39, 0.29) is 29.1 Å². The van der Waals surface area contributed by atoms with E-state index in [1.165, 1.54) is 11.7 Å². The standard InChI is InChI=1S/C17H23BrFN5O2/c1-17(2)6-9-5-4-8(7-23(9)16(17)25)14-21-11(18)10-13(20)22-15(26-3)12(19)24(10)14/h8-9,12,15H,4-7H2,1-3H3,(H2,20,22)/t8-,9+,12?,15?/m1/s1. The fourth-order valence-corrected chi connectivity index (χ4v) is 5.08. The van der Waals surface area contributed by atoms with E-state index >= 15 is 4.39 Å². The van der Waals surface area contributed by atoms with Gasteiger partial charge in [-0.25, -0.2) is 14.4 Å². The first kappa shape index (κ1) is 17.9. The van der Waals surface area contributed by atoms with Crippen molar-refractivity contribution in [3.63, 3.8) is 0 Å². The molecule has 3 aliphatic rings. The highest BCUT2D eigenvalue weighted by molar-refractivity contribution is 9.10. The van der Waals surface area contributed by atoms with Crippen molar-refractivity contribution in [2.75, 3.05) is 13.7 Å². The number of fused-ring (bicyclic) bond motifs is 2. The average Bonchev–Trinajstić information content (AvgIpc) is 3.06. The molecule has 3 aliphatic heterocycles. The van der Waals surface area contributed by atoms with Gasteiger partial charge in [-0.15, -0.1) is 0 Å². The Kier molecular flexibility index (Phi) is 4.15. The van der Waals surface area contributed by atoms with Crippen LogP contribution in [0.5, 0.6) is 0 Å². The van der Waals surface area contributed by atoms with E-state index in [0.717, 1.165) is 19.3 Å². The number of halogens is 2. The van der Waals surface area contributed by atoms with Gasteiger partial charge in [0.2, 0.25) is 18.4 Å². The van der Waals surface area contributed by atoms with Crippen LogP contribution < -0.4 is 5.73 Å². The highest BCUT2D eigenvalue weighted by Crippen LogP contribution is 2.44. The number of piperidine rings is 1. The van der Waals surface area contributed by atoms with Gasteiger partial charge in [0.25, 0.3) is 0 Å². The lowest BCUT2D eigenvalue weighted by molar-refractivity contribution is -0.136. The number of hydrogen-bond donors (Lipinski definition) is 1. The van der Waals surface area contributed by atoms with Gasteiger partial charge in [-0.2, -0.15) is 0 Å². The number of alkyl halides is 1. The molecule has 9 heteroatoms. The van der Waals surface area contributed by atoms with E-state index < -0.39 is 12.5 Å². The predicted molar refractivity (Wildman–Crippen MR) is 97.5 cm³/mol. The van der Waals surface area contributed by atoms with Crippen molar-refractivity contribution in [3.8, 4) is 0 Å². The molecule has 2 saturated heterocycles. The second-order valence-corrected chi connectivity index (χ2v) is 8.72. The van der Waals surface area contributed by atoms with Crippen molar-refractivity contribution < 1.29 is 13.9 Å². The molecule has 0 spiro atoms. The summed E-state index contributed by atoms with van der Waals surface area (Å²) in [5, 5.41) is 0. The molecule has 1 amide bonds. The Balaban J connectivity index is 1.70. The Bertz CT molecular complexity index is 792. The molecule has 0 saturated carbocycles. The van der Waals surface area contributed by atoms with Crippen LogP contribution in [0.25, 0.3) is 0 Å². The number of amidine groups is 1. The van der Waals surface area contributed by atoms with Crippen LogP contribution in [0.2, 0.25) is 0 Å². The molecule has 2 N–H and O–H groups in total. The van der Waals surface area contributed by atoms with Crippen molar-refractivity contribution in [1.29, 1.82) is 0 Å². The number of nitrogens with two attached hydrogens (primary N) is 1. The molecular weight excluding hydrogens is 405 g/mol. The van der Waals surface area contributed by atoms with Gasteiger partial charge in [-0.1, -0.05) is 13.8 Å². The number of amides is 1. The SMILES string of the molecule is COC1N=C(N)c2c(Br)nc([C@@H]3CC[C@H]4CC(C)(C)C(=O)N4C3)n2C1F. The van der Waals surface area contributed by atoms with Crippen molar-refractivity contribution in [2.24, 2.45) is 16.1 Å². The third kappa shape index (κ3) is 2.51. The Labute approximate surface area is 159 Å². The van der Waals surface area contributed by atoms with Crippen LogP contribution in [0, 0.1) is 5.41 Å². The minimum absolute atomic E-state index is 0.0455. The summed E-state index contributed by atoms with van der Waals surface area (Å²) in [5.74, 6) is 0.916. The molecule has 0 radical (unpaired) electrons. The van der Waals surface area contributed by atoms with Gasteiger partial charge in [-0.05, 0) is 35.2 Å². The fraction of sp³-hybridized carbons (Fsp3) is 0.706. The molecule has 0 aromatic carbocycles. The van der Waals surface area contributed by atoms with Gasteiger partial charge < -0.3 is 15.4 Å². The molecule has 1 aromatic heterocycles. The van der Waals surface area contributed by atoms with E-state index in [9.17, 15) is 4.79 Å². The molecule has 4 heterocycles. The Morgan fingerprint density at radius 2 is 2.12 bits per heavy atom. The molecule has 0 bridgehead atoms. The number of carbonyl (C=O) groups excluding carboxylic acids is 1. The smallest absolute Gasteiger partial charge is 0.228 e. The number of hydrogen-bond acceptors (Lipinski definition) is 5. The second kappa shape index (κ2) is 6.02. The average molecular weight is 428 g/mol. The molecule has 1 aromatic rings. The summed E-state index contributed by atoms with van der Waals surface area (Å²) in [6, 6.07) is 0.271. The molecule has 26 heavy (non-hydrogen) atoms. The van der Waals surface area contributed by atoms with Gasteiger partial charge >= 0.3 is 0 Å². The molecule has 0 aliphatic carbocycles. The maximum atomic E-state index is 15.0. The minimum atomic E-state index is -1.50. The minimum Gasteiger partial charge on any atom is -0.382 e. The second-order valence-electron chi connectivity index (χ2n) is 7.97. The highest BCUT2D eigenvalue weighted by atomic mass is 79.9. The number of ether oxygens (including phenoxy) is 1. The van der Waals surface area contributed by atoms with Crippen molar-refractivity contribution in [1.82, 2.24) is 14.5 Å². The van der Waals surface area contributed by atoms with Gasteiger partial charge in [0.05, 0.1) is 0 Å². The monoisotopic (exact) mass is 427 g/mol. The van der Waals surface area contributed by atoms with E-state index in [4.69, 9.17) is 10.5 Å². The summed E-state index contributed by atoms with van der Waals surface area (Å²) >= 11 is 3.38. The van der Waals surface area contributed by atoms with E-state index in [2.05, 4.69) is 25.9 Å². The molecule has 2 unspecified atom stereocenters. The first-order valence-electron chi connectivity index (χ1n) is 8.83. The number of nitrogens with zero attached hydrogens (tertiary/aromatic N) is 4. The lowest BCUT2D eigenvalue weighted by Crippen LogP contribution is -2.43. The number of methoxy groups -OCH3 is 1. The Morgan fingerprint density at radius 1 is 1.38 bits per heavy atom. The summed E-state index contributed by atoms with van der Waals surface area (Å²) in [6.07, 6.45) is 0.132. The van der Waals surface area contributed by atoms with Crippen LogP contribution in [-0.2, 0) is 9.53 Å². The summed E-state index contributed by atoms with van der Waals surface area (Å²) in [6.45, 7) is 4.54. The Hall–Kier alpha value is -1.48.